The Kier molecular flexibility index (Phi) is 2.21. The number of hydrogen-bond donors (Lipinski definition) is 0. The third-order valence-electron chi connectivity index (χ3n) is 2.35. The minimum absolute atomic E-state index is 0.0290. The molecule has 0 saturated carbocycles. The van der Waals surface area contributed by atoms with E-state index in [1.807, 2.05) is 16.6 Å². The summed E-state index contributed by atoms with van der Waals surface area (Å²) in [5, 5.41) is 12.8. The van der Waals surface area contributed by atoms with Crippen molar-refractivity contribution < 1.29 is 0 Å². The van der Waals surface area contributed by atoms with E-state index >= 15 is 0 Å². The lowest BCUT2D eigenvalue weighted by atomic mass is 9.96. The number of hydrogen-bond acceptors (Lipinski definition) is 3. The summed E-state index contributed by atoms with van der Waals surface area (Å²) in [5.41, 5.74) is 1.85. The fourth-order valence-corrected chi connectivity index (χ4v) is 1.48. The first kappa shape index (κ1) is 10.1. The Balaban J connectivity index is 2.67. The average Bonchev–Trinajstić information content (AvgIpc) is 2.59. The molecule has 80 valence electrons. The van der Waals surface area contributed by atoms with Crippen molar-refractivity contribution in [3.05, 3.63) is 23.7 Å². The van der Waals surface area contributed by atoms with Crippen LogP contribution in [0, 0.1) is 0 Å². The molecule has 4 nitrogen and oxygen atoms in total. The Labute approximate surface area is 89.3 Å². The molecule has 2 aromatic heterocycles. The Bertz CT molecular complexity index is 479. The van der Waals surface area contributed by atoms with Gasteiger partial charge in [0, 0.05) is 5.41 Å². The Hall–Kier alpha value is -1.45. The summed E-state index contributed by atoms with van der Waals surface area (Å²) in [7, 11) is 0. The zero-order valence-corrected chi connectivity index (χ0v) is 9.65. The van der Waals surface area contributed by atoms with Gasteiger partial charge in [-0.15, -0.1) is 10.2 Å². The molecular weight excluding hydrogens is 188 g/mol. The van der Waals surface area contributed by atoms with Crippen LogP contribution in [0.25, 0.3) is 5.65 Å². The molecule has 0 spiro atoms. The molecule has 0 aliphatic rings. The molecule has 2 rings (SSSR count). The summed E-state index contributed by atoms with van der Waals surface area (Å²) in [6, 6.07) is 3.96. The van der Waals surface area contributed by atoms with Crippen molar-refractivity contribution in [3.8, 4) is 0 Å². The van der Waals surface area contributed by atoms with Crippen LogP contribution < -0.4 is 0 Å². The summed E-state index contributed by atoms with van der Waals surface area (Å²) in [6.07, 6.45) is 0.928. The number of rotatable bonds is 1. The van der Waals surface area contributed by atoms with Crippen LogP contribution in [-0.2, 0) is 11.8 Å². The van der Waals surface area contributed by atoms with Crippen molar-refractivity contribution in [1.29, 1.82) is 0 Å². The second-order valence-electron chi connectivity index (χ2n) is 4.72. The summed E-state index contributed by atoms with van der Waals surface area (Å²) >= 11 is 0. The number of nitrogens with zero attached hydrogens (tertiary/aromatic N) is 4. The van der Waals surface area contributed by atoms with Crippen LogP contribution in [0.2, 0.25) is 0 Å². The molecule has 0 N–H and O–H groups in total. The molecule has 0 aliphatic carbocycles. The monoisotopic (exact) mass is 204 g/mol. The largest absolute Gasteiger partial charge is 0.197 e. The van der Waals surface area contributed by atoms with E-state index in [1.54, 1.807) is 0 Å². The molecule has 0 fully saturated rings. The fourth-order valence-electron chi connectivity index (χ4n) is 1.48. The van der Waals surface area contributed by atoms with Gasteiger partial charge >= 0.3 is 0 Å². The fraction of sp³-hybridized carbons (Fsp3) is 0.545. The van der Waals surface area contributed by atoms with Crippen LogP contribution in [0.5, 0.6) is 0 Å². The predicted molar refractivity (Wildman–Crippen MR) is 58.9 cm³/mol. The van der Waals surface area contributed by atoms with Gasteiger partial charge < -0.3 is 0 Å². The molecule has 0 unspecified atom stereocenters. The average molecular weight is 204 g/mol. The van der Waals surface area contributed by atoms with Gasteiger partial charge in [-0.2, -0.15) is 9.61 Å². The van der Waals surface area contributed by atoms with E-state index in [2.05, 4.69) is 43.0 Å². The standard InChI is InChI=1S/C11H16N4/c1-5-8-6-7-9-12-13-10(11(2,3)4)15(9)14-8/h6-7H,5H2,1-4H3. The highest BCUT2D eigenvalue weighted by Crippen LogP contribution is 2.19. The van der Waals surface area contributed by atoms with E-state index in [1.165, 1.54) is 0 Å². The van der Waals surface area contributed by atoms with Crippen LogP contribution in [0.15, 0.2) is 12.1 Å². The highest BCUT2D eigenvalue weighted by Gasteiger charge is 2.21. The van der Waals surface area contributed by atoms with Crippen LogP contribution >= 0.6 is 0 Å². The van der Waals surface area contributed by atoms with Crippen molar-refractivity contribution in [2.75, 3.05) is 0 Å². The molecule has 0 aliphatic heterocycles. The molecule has 2 heterocycles. The minimum atomic E-state index is -0.0290. The van der Waals surface area contributed by atoms with Gasteiger partial charge in [0.2, 0.25) is 0 Å². The maximum Gasteiger partial charge on any atom is 0.177 e. The summed E-state index contributed by atoms with van der Waals surface area (Å²) in [5.74, 6) is 0.910. The molecule has 0 atom stereocenters. The Morgan fingerprint density at radius 1 is 1.20 bits per heavy atom. The molecule has 2 aromatic rings. The van der Waals surface area contributed by atoms with Gasteiger partial charge in [-0.3, -0.25) is 0 Å². The van der Waals surface area contributed by atoms with E-state index in [4.69, 9.17) is 0 Å². The predicted octanol–water partition coefficient (Wildman–Crippen LogP) is 1.98. The lowest BCUT2D eigenvalue weighted by Gasteiger charge is -2.14. The molecule has 0 bridgehead atoms. The van der Waals surface area contributed by atoms with Gasteiger partial charge in [0.05, 0.1) is 5.69 Å². The first-order valence-electron chi connectivity index (χ1n) is 5.24. The Morgan fingerprint density at radius 2 is 1.93 bits per heavy atom. The smallest absolute Gasteiger partial charge is 0.177 e. The van der Waals surface area contributed by atoms with Crippen LogP contribution in [0.1, 0.15) is 39.2 Å². The van der Waals surface area contributed by atoms with Gasteiger partial charge in [0.25, 0.3) is 0 Å². The molecular formula is C11H16N4. The third-order valence-corrected chi connectivity index (χ3v) is 2.35. The summed E-state index contributed by atoms with van der Waals surface area (Å²) in [4.78, 5) is 0. The molecule has 15 heavy (non-hydrogen) atoms. The lowest BCUT2D eigenvalue weighted by Crippen LogP contribution is -2.17. The molecule has 0 saturated heterocycles. The highest BCUT2D eigenvalue weighted by molar-refractivity contribution is 5.37. The van der Waals surface area contributed by atoms with Gasteiger partial charge in [0.1, 0.15) is 0 Å². The van der Waals surface area contributed by atoms with Crippen LogP contribution in [-0.4, -0.2) is 19.8 Å². The highest BCUT2D eigenvalue weighted by atomic mass is 15.4. The van der Waals surface area contributed by atoms with E-state index < -0.39 is 0 Å². The van der Waals surface area contributed by atoms with Crippen molar-refractivity contribution in [2.45, 2.75) is 39.5 Å². The second kappa shape index (κ2) is 3.29. The first-order valence-corrected chi connectivity index (χ1v) is 5.24. The summed E-state index contributed by atoms with van der Waals surface area (Å²) < 4.78 is 1.85. The molecule has 0 aromatic carbocycles. The maximum atomic E-state index is 4.51. The van der Waals surface area contributed by atoms with E-state index in [0.29, 0.717) is 0 Å². The van der Waals surface area contributed by atoms with Crippen molar-refractivity contribution in [2.24, 2.45) is 0 Å². The number of aryl methyl sites for hydroxylation is 1. The van der Waals surface area contributed by atoms with Crippen molar-refractivity contribution in [3.63, 3.8) is 0 Å². The molecule has 0 radical (unpaired) electrons. The summed E-state index contributed by atoms with van der Waals surface area (Å²) in [6.45, 7) is 8.44. The zero-order valence-electron chi connectivity index (χ0n) is 9.65. The van der Waals surface area contributed by atoms with E-state index in [-0.39, 0.29) is 5.41 Å². The maximum absolute atomic E-state index is 4.51. The normalized spacial score (nSPS) is 12.3. The molecule has 4 heteroatoms. The number of aromatic nitrogens is 4. The van der Waals surface area contributed by atoms with Crippen LogP contribution in [0.4, 0.5) is 0 Å². The lowest BCUT2D eigenvalue weighted by molar-refractivity contribution is 0.525. The first-order chi connectivity index (χ1) is 7.02. The quantitative estimate of drug-likeness (QED) is 0.713. The van der Waals surface area contributed by atoms with Gasteiger partial charge in [0.15, 0.2) is 11.5 Å². The topological polar surface area (TPSA) is 43.1 Å². The third kappa shape index (κ3) is 1.71. The molecule has 0 amide bonds. The second-order valence-corrected chi connectivity index (χ2v) is 4.72. The van der Waals surface area contributed by atoms with Crippen molar-refractivity contribution >= 4 is 5.65 Å². The minimum Gasteiger partial charge on any atom is -0.197 e. The SMILES string of the molecule is CCc1ccc2nnc(C(C)(C)C)n2n1. The van der Waals surface area contributed by atoms with Gasteiger partial charge in [-0.1, -0.05) is 27.7 Å². The van der Waals surface area contributed by atoms with Crippen molar-refractivity contribution in [1.82, 2.24) is 19.8 Å². The Morgan fingerprint density at radius 3 is 2.53 bits per heavy atom. The van der Waals surface area contributed by atoms with E-state index in [9.17, 15) is 0 Å². The van der Waals surface area contributed by atoms with E-state index in [0.717, 1.165) is 23.6 Å². The van der Waals surface area contributed by atoms with Crippen LogP contribution in [0.3, 0.4) is 0 Å². The zero-order chi connectivity index (χ0) is 11.1. The number of fused-ring (bicyclic) bond motifs is 1. The van der Waals surface area contributed by atoms with Gasteiger partial charge in [-0.05, 0) is 18.6 Å². The van der Waals surface area contributed by atoms with Gasteiger partial charge in [-0.25, -0.2) is 0 Å².